The summed E-state index contributed by atoms with van der Waals surface area (Å²) in [7, 11) is 0. The number of hydrogen-bond donors (Lipinski definition) is 0. The number of carbonyl (C=O) groups excluding carboxylic acids is 1. The van der Waals surface area contributed by atoms with Crippen molar-refractivity contribution in [1.82, 2.24) is 0 Å². The molecule has 0 saturated carbocycles. The monoisotopic (exact) mass is 287 g/mol. The van der Waals surface area contributed by atoms with Crippen LogP contribution in [0.5, 0.6) is 11.5 Å². The van der Waals surface area contributed by atoms with Gasteiger partial charge < -0.3 is 4.74 Å². The van der Waals surface area contributed by atoms with Crippen molar-refractivity contribution in [1.29, 1.82) is 0 Å². The molecule has 1 heterocycles. The molecule has 102 valence electrons. The number of anilines is 2. The Labute approximate surface area is 122 Å². The highest BCUT2D eigenvalue weighted by Crippen LogP contribution is 2.46. The van der Waals surface area contributed by atoms with Gasteiger partial charge in [-0.05, 0) is 30.7 Å². The Morgan fingerprint density at radius 2 is 1.60 bits per heavy atom. The topological polar surface area (TPSA) is 29.5 Å². The molecule has 0 aliphatic carbocycles. The number of halogens is 1. The lowest BCUT2D eigenvalue weighted by molar-refractivity contribution is -0.117. The van der Waals surface area contributed by atoms with E-state index in [0.717, 1.165) is 11.4 Å². The molecule has 1 amide bonds. The number of para-hydroxylation sites is 4. The Hall–Kier alpha value is -2.00. The first-order valence-electron chi connectivity index (χ1n) is 6.56. The number of amides is 1. The lowest BCUT2D eigenvalue weighted by Gasteiger charge is -2.32. The van der Waals surface area contributed by atoms with Gasteiger partial charge in [0.05, 0.1) is 11.4 Å². The molecule has 3 rings (SSSR count). The van der Waals surface area contributed by atoms with Crippen LogP contribution in [0.15, 0.2) is 48.5 Å². The van der Waals surface area contributed by atoms with Gasteiger partial charge in [-0.15, -0.1) is 11.6 Å². The SMILES string of the molecule is CCC(Cl)C(=O)N1c2ccccc2Oc2ccccc21. The third-order valence-corrected chi connectivity index (χ3v) is 3.77. The van der Waals surface area contributed by atoms with Crippen LogP contribution < -0.4 is 9.64 Å². The standard InChI is InChI=1S/C16H14ClNO2/c1-2-11(17)16(19)18-12-7-3-5-9-14(12)20-15-10-6-4-8-13(15)18/h3-11H,2H2,1H3. The fraction of sp³-hybridized carbons (Fsp3) is 0.188. The number of rotatable bonds is 2. The van der Waals surface area contributed by atoms with Crippen molar-refractivity contribution in [3.8, 4) is 11.5 Å². The molecular weight excluding hydrogens is 274 g/mol. The van der Waals surface area contributed by atoms with Crippen molar-refractivity contribution < 1.29 is 9.53 Å². The maximum atomic E-state index is 12.6. The van der Waals surface area contributed by atoms with E-state index in [4.69, 9.17) is 16.3 Å². The summed E-state index contributed by atoms with van der Waals surface area (Å²) in [5, 5.41) is -0.547. The van der Waals surface area contributed by atoms with Gasteiger partial charge in [-0.2, -0.15) is 0 Å². The summed E-state index contributed by atoms with van der Waals surface area (Å²) in [5.41, 5.74) is 1.46. The molecule has 0 radical (unpaired) electrons. The fourth-order valence-corrected chi connectivity index (χ4v) is 2.35. The molecule has 0 fully saturated rings. The van der Waals surface area contributed by atoms with Crippen LogP contribution in [0.4, 0.5) is 11.4 Å². The minimum atomic E-state index is -0.547. The van der Waals surface area contributed by atoms with Gasteiger partial charge in [-0.1, -0.05) is 31.2 Å². The number of benzene rings is 2. The van der Waals surface area contributed by atoms with Gasteiger partial charge in [0.15, 0.2) is 11.5 Å². The molecule has 4 heteroatoms. The predicted octanol–water partition coefficient (Wildman–Crippen LogP) is 4.47. The molecule has 2 aromatic carbocycles. The lowest BCUT2D eigenvalue weighted by atomic mass is 10.1. The van der Waals surface area contributed by atoms with Crippen molar-refractivity contribution in [3.05, 3.63) is 48.5 Å². The average molecular weight is 288 g/mol. The van der Waals surface area contributed by atoms with Crippen molar-refractivity contribution in [3.63, 3.8) is 0 Å². The van der Waals surface area contributed by atoms with E-state index in [2.05, 4.69) is 0 Å². The number of alkyl halides is 1. The molecule has 1 aliphatic heterocycles. The Bertz CT molecular complexity index is 611. The summed E-state index contributed by atoms with van der Waals surface area (Å²) in [4.78, 5) is 14.2. The van der Waals surface area contributed by atoms with Gasteiger partial charge in [0.1, 0.15) is 5.38 Å². The minimum absolute atomic E-state index is 0.127. The number of nitrogens with zero attached hydrogens (tertiary/aromatic N) is 1. The molecule has 0 N–H and O–H groups in total. The molecular formula is C16H14ClNO2. The van der Waals surface area contributed by atoms with Gasteiger partial charge in [0, 0.05) is 0 Å². The smallest absolute Gasteiger partial charge is 0.249 e. The molecule has 20 heavy (non-hydrogen) atoms. The molecule has 1 unspecified atom stereocenters. The van der Waals surface area contributed by atoms with Gasteiger partial charge in [-0.3, -0.25) is 9.69 Å². The van der Waals surface area contributed by atoms with E-state index < -0.39 is 5.38 Å². The van der Waals surface area contributed by atoms with Gasteiger partial charge in [0.25, 0.3) is 0 Å². The second kappa shape index (κ2) is 5.17. The van der Waals surface area contributed by atoms with E-state index >= 15 is 0 Å². The Morgan fingerprint density at radius 1 is 1.10 bits per heavy atom. The Balaban J connectivity index is 2.15. The lowest BCUT2D eigenvalue weighted by Crippen LogP contribution is -2.34. The zero-order valence-corrected chi connectivity index (χ0v) is 11.8. The molecule has 2 aromatic rings. The quantitative estimate of drug-likeness (QED) is 0.763. The Morgan fingerprint density at radius 3 is 2.10 bits per heavy atom. The zero-order chi connectivity index (χ0) is 14.1. The van der Waals surface area contributed by atoms with Crippen LogP contribution in [0.1, 0.15) is 13.3 Å². The molecule has 0 bridgehead atoms. The summed E-state index contributed by atoms with van der Waals surface area (Å²) < 4.78 is 5.83. The first-order valence-corrected chi connectivity index (χ1v) is 7.00. The molecule has 1 atom stereocenters. The molecule has 0 saturated heterocycles. The van der Waals surface area contributed by atoms with Crippen molar-refractivity contribution in [2.45, 2.75) is 18.7 Å². The van der Waals surface area contributed by atoms with Crippen LogP contribution in [0.2, 0.25) is 0 Å². The van der Waals surface area contributed by atoms with Crippen LogP contribution in [0.3, 0.4) is 0 Å². The fourth-order valence-electron chi connectivity index (χ4n) is 2.26. The predicted molar refractivity (Wildman–Crippen MR) is 80.0 cm³/mol. The van der Waals surface area contributed by atoms with Crippen LogP contribution in [-0.4, -0.2) is 11.3 Å². The van der Waals surface area contributed by atoms with Gasteiger partial charge in [-0.25, -0.2) is 0 Å². The summed E-state index contributed by atoms with van der Waals surface area (Å²) in [5.74, 6) is 1.21. The summed E-state index contributed by atoms with van der Waals surface area (Å²) in [6.07, 6.45) is 0.585. The second-order valence-corrected chi connectivity index (χ2v) is 5.11. The number of hydrogen-bond acceptors (Lipinski definition) is 2. The third-order valence-electron chi connectivity index (χ3n) is 3.28. The van der Waals surface area contributed by atoms with Crippen LogP contribution in [0.25, 0.3) is 0 Å². The maximum absolute atomic E-state index is 12.6. The van der Waals surface area contributed by atoms with E-state index in [1.807, 2.05) is 55.5 Å². The molecule has 0 aromatic heterocycles. The average Bonchev–Trinajstić information content (AvgIpc) is 2.51. The van der Waals surface area contributed by atoms with Crippen LogP contribution in [0, 0.1) is 0 Å². The van der Waals surface area contributed by atoms with Crippen LogP contribution in [-0.2, 0) is 4.79 Å². The van der Waals surface area contributed by atoms with Crippen LogP contribution >= 0.6 is 11.6 Å². The maximum Gasteiger partial charge on any atom is 0.249 e. The summed E-state index contributed by atoms with van der Waals surface area (Å²) >= 11 is 6.15. The highest BCUT2D eigenvalue weighted by molar-refractivity contribution is 6.34. The number of fused-ring (bicyclic) bond motifs is 2. The number of ether oxygens (including phenoxy) is 1. The van der Waals surface area contributed by atoms with Gasteiger partial charge >= 0.3 is 0 Å². The summed E-state index contributed by atoms with van der Waals surface area (Å²) in [6, 6.07) is 14.9. The van der Waals surface area contributed by atoms with E-state index in [-0.39, 0.29) is 5.91 Å². The number of carbonyl (C=O) groups is 1. The normalized spacial score (nSPS) is 14.0. The molecule has 1 aliphatic rings. The van der Waals surface area contributed by atoms with Gasteiger partial charge in [0.2, 0.25) is 5.91 Å². The van der Waals surface area contributed by atoms with Crippen molar-refractivity contribution in [2.24, 2.45) is 0 Å². The summed E-state index contributed by atoms with van der Waals surface area (Å²) in [6.45, 7) is 1.90. The van der Waals surface area contributed by atoms with Crippen molar-refractivity contribution >= 4 is 28.9 Å². The van der Waals surface area contributed by atoms with E-state index in [1.165, 1.54) is 0 Å². The van der Waals surface area contributed by atoms with E-state index in [9.17, 15) is 4.79 Å². The highest BCUT2D eigenvalue weighted by Gasteiger charge is 2.31. The zero-order valence-electron chi connectivity index (χ0n) is 11.0. The third kappa shape index (κ3) is 2.04. The highest BCUT2D eigenvalue weighted by atomic mass is 35.5. The Kier molecular flexibility index (Phi) is 3.36. The minimum Gasteiger partial charge on any atom is -0.453 e. The van der Waals surface area contributed by atoms with E-state index in [0.29, 0.717) is 17.9 Å². The first-order chi connectivity index (χ1) is 9.72. The second-order valence-electron chi connectivity index (χ2n) is 4.59. The molecule has 3 nitrogen and oxygen atoms in total. The van der Waals surface area contributed by atoms with E-state index in [1.54, 1.807) is 4.90 Å². The molecule has 0 spiro atoms. The first kappa shape index (κ1) is 13.0. The largest absolute Gasteiger partial charge is 0.453 e. The van der Waals surface area contributed by atoms with Crippen molar-refractivity contribution in [2.75, 3.05) is 4.90 Å².